The van der Waals surface area contributed by atoms with E-state index in [1.165, 1.54) is 18.5 Å². The average molecular weight is 298 g/mol. The van der Waals surface area contributed by atoms with Crippen molar-refractivity contribution in [2.45, 2.75) is 0 Å². The maximum absolute atomic E-state index is 13.4. The van der Waals surface area contributed by atoms with Crippen molar-refractivity contribution in [3.05, 3.63) is 40.9 Å². The van der Waals surface area contributed by atoms with Crippen LogP contribution in [0.3, 0.4) is 0 Å². The molecule has 0 bridgehead atoms. The monoisotopic (exact) mass is 297 g/mol. The molecule has 0 unspecified atom stereocenters. The van der Waals surface area contributed by atoms with Crippen LogP contribution in [0.5, 0.6) is 11.6 Å². The maximum Gasteiger partial charge on any atom is 0.239 e. The standard InChI is InChI=1S/C11H9BrFN3O/c1-14-10-9(12)11(16-6-15-10)17-8-5-3-2-4-7(8)13/h2-6H,1H3,(H,14,15,16). The number of rotatable bonds is 3. The molecule has 0 saturated heterocycles. The first-order chi connectivity index (χ1) is 8.22. The summed E-state index contributed by atoms with van der Waals surface area (Å²) >= 11 is 3.29. The molecule has 1 aromatic carbocycles. The highest BCUT2D eigenvalue weighted by Gasteiger charge is 2.11. The van der Waals surface area contributed by atoms with Crippen LogP contribution in [0.25, 0.3) is 0 Å². The van der Waals surface area contributed by atoms with Crippen LogP contribution >= 0.6 is 15.9 Å². The molecule has 1 N–H and O–H groups in total. The van der Waals surface area contributed by atoms with E-state index in [0.29, 0.717) is 10.3 Å². The number of benzene rings is 1. The van der Waals surface area contributed by atoms with Crippen LogP contribution in [-0.4, -0.2) is 17.0 Å². The van der Waals surface area contributed by atoms with E-state index < -0.39 is 5.82 Å². The predicted octanol–water partition coefficient (Wildman–Crippen LogP) is 3.21. The Labute approximate surface area is 106 Å². The molecule has 0 spiro atoms. The molecule has 0 amide bonds. The summed E-state index contributed by atoms with van der Waals surface area (Å²) in [5.74, 6) is 0.513. The summed E-state index contributed by atoms with van der Waals surface area (Å²) in [6.45, 7) is 0. The lowest BCUT2D eigenvalue weighted by molar-refractivity contribution is 0.424. The molecule has 17 heavy (non-hydrogen) atoms. The van der Waals surface area contributed by atoms with E-state index in [-0.39, 0.29) is 11.6 Å². The number of hydrogen-bond acceptors (Lipinski definition) is 4. The smallest absolute Gasteiger partial charge is 0.239 e. The molecule has 0 aliphatic heterocycles. The lowest BCUT2D eigenvalue weighted by Gasteiger charge is -2.09. The first-order valence-electron chi connectivity index (χ1n) is 4.83. The van der Waals surface area contributed by atoms with E-state index in [4.69, 9.17) is 4.74 Å². The Morgan fingerprint density at radius 1 is 1.29 bits per heavy atom. The zero-order valence-corrected chi connectivity index (χ0v) is 10.5. The second-order valence-corrected chi connectivity index (χ2v) is 3.92. The third-order valence-corrected chi connectivity index (χ3v) is 2.75. The third-order valence-electron chi connectivity index (χ3n) is 2.04. The lowest BCUT2D eigenvalue weighted by Crippen LogP contribution is -1.98. The van der Waals surface area contributed by atoms with Gasteiger partial charge in [-0.25, -0.2) is 14.4 Å². The van der Waals surface area contributed by atoms with Crippen LogP contribution < -0.4 is 10.1 Å². The molecule has 1 aromatic heterocycles. The highest BCUT2D eigenvalue weighted by Crippen LogP contribution is 2.32. The molecule has 6 heteroatoms. The van der Waals surface area contributed by atoms with Gasteiger partial charge in [-0.1, -0.05) is 12.1 Å². The zero-order valence-electron chi connectivity index (χ0n) is 8.95. The largest absolute Gasteiger partial charge is 0.435 e. The van der Waals surface area contributed by atoms with E-state index in [9.17, 15) is 4.39 Å². The molecule has 0 saturated carbocycles. The van der Waals surface area contributed by atoms with Crippen molar-refractivity contribution in [3.63, 3.8) is 0 Å². The summed E-state index contributed by atoms with van der Waals surface area (Å²) < 4.78 is 19.3. The zero-order chi connectivity index (χ0) is 12.3. The topological polar surface area (TPSA) is 47.0 Å². The molecule has 0 aliphatic carbocycles. The molecular weight excluding hydrogens is 289 g/mol. The van der Waals surface area contributed by atoms with Gasteiger partial charge in [0.25, 0.3) is 0 Å². The SMILES string of the molecule is CNc1ncnc(Oc2ccccc2F)c1Br. The predicted molar refractivity (Wildman–Crippen MR) is 65.8 cm³/mol. The first-order valence-corrected chi connectivity index (χ1v) is 5.62. The summed E-state index contributed by atoms with van der Waals surface area (Å²) in [5.41, 5.74) is 0. The summed E-state index contributed by atoms with van der Waals surface area (Å²) in [7, 11) is 1.72. The Kier molecular flexibility index (Phi) is 3.53. The molecule has 0 aliphatic rings. The van der Waals surface area contributed by atoms with Gasteiger partial charge in [0.2, 0.25) is 5.88 Å². The second-order valence-electron chi connectivity index (χ2n) is 3.12. The molecule has 1 heterocycles. The van der Waals surface area contributed by atoms with Gasteiger partial charge in [-0.2, -0.15) is 0 Å². The Hall–Kier alpha value is -1.69. The Morgan fingerprint density at radius 3 is 2.76 bits per heavy atom. The number of nitrogens with zero attached hydrogens (tertiary/aromatic N) is 2. The van der Waals surface area contributed by atoms with Gasteiger partial charge in [-0.05, 0) is 28.1 Å². The van der Waals surface area contributed by atoms with Gasteiger partial charge in [-0.15, -0.1) is 0 Å². The molecule has 0 fully saturated rings. The second kappa shape index (κ2) is 5.09. The van der Waals surface area contributed by atoms with Crippen molar-refractivity contribution < 1.29 is 9.13 Å². The quantitative estimate of drug-likeness (QED) is 0.945. The normalized spacial score (nSPS) is 10.1. The fraction of sp³-hybridized carbons (Fsp3) is 0.0909. The highest BCUT2D eigenvalue weighted by atomic mass is 79.9. The molecule has 0 radical (unpaired) electrons. The van der Waals surface area contributed by atoms with E-state index in [2.05, 4.69) is 31.2 Å². The Morgan fingerprint density at radius 2 is 2.06 bits per heavy atom. The molecule has 88 valence electrons. The van der Waals surface area contributed by atoms with E-state index in [1.54, 1.807) is 19.2 Å². The van der Waals surface area contributed by atoms with Gasteiger partial charge in [0.05, 0.1) is 0 Å². The van der Waals surface area contributed by atoms with Crippen molar-refractivity contribution in [2.24, 2.45) is 0 Å². The maximum atomic E-state index is 13.4. The van der Waals surface area contributed by atoms with Gasteiger partial charge in [0.15, 0.2) is 11.6 Å². The highest BCUT2D eigenvalue weighted by molar-refractivity contribution is 9.10. The van der Waals surface area contributed by atoms with E-state index >= 15 is 0 Å². The van der Waals surface area contributed by atoms with Crippen LogP contribution in [0.15, 0.2) is 35.1 Å². The van der Waals surface area contributed by atoms with Crippen LogP contribution in [0.2, 0.25) is 0 Å². The number of halogens is 2. The van der Waals surface area contributed by atoms with Gasteiger partial charge in [-0.3, -0.25) is 0 Å². The minimum Gasteiger partial charge on any atom is -0.435 e. The third kappa shape index (κ3) is 2.52. The van der Waals surface area contributed by atoms with Crippen molar-refractivity contribution in [2.75, 3.05) is 12.4 Å². The summed E-state index contributed by atoms with van der Waals surface area (Å²) in [5, 5.41) is 2.86. The molecule has 2 aromatic rings. The Bertz CT molecular complexity index is 536. The molecular formula is C11H9BrFN3O. The number of ether oxygens (including phenoxy) is 1. The van der Waals surface area contributed by atoms with E-state index in [1.807, 2.05) is 0 Å². The lowest BCUT2D eigenvalue weighted by atomic mass is 10.3. The number of hydrogen-bond donors (Lipinski definition) is 1. The summed E-state index contributed by atoms with van der Waals surface area (Å²) in [6.07, 6.45) is 1.34. The Balaban J connectivity index is 2.34. The number of nitrogens with one attached hydrogen (secondary N) is 1. The minimum absolute atomic E-state index is 0.119. The van der Waals surface area contributed by atoms with Gasteiger partial charge in [0, 0.05) is 7.05 Å². The average Bonchev–Trinajstić information content (AvgIpc) is 2.34. The summed E-state index contributed by atoms with van der Waals surface area (Å²) in [4.78, 5) is 7.92. The fourth-order valence-electron chi connectivity index (χ4n) is 1.23. The van der Waals surface area contributed by atoms with Crippen molar-refractivity contribution in [1.29, 1.82) is 0 Å². The molecule has 0 atom stereocenters. The van der Waals surface area contributed by atoms with Crippen LogP contribution in [0, 0.1) is 5.82 Å². The summed E-state index contributed by atoms with van der Waals surface area (Å²) in [6, 6.07) is 6.13. The van der Waals surface area contributed by atoms with Gasteiger partial charge >= 0.3 is 0 Å². The number of aromatic nitrogens is 2. The van der Waals surface area contributed by atoms with Gasteiger partial charge in [0.1, 0.15) is 16.6 Å². The van der Waals surface area contributed by atoms with Crippen LogP contribution in [0.1, 0.15) is 0 Å². The number of para-hydroxylation sites is 1. The van der Waals surface area contributed by atoms with Crippen molar-refractivity contribution in [3.8, 4) is 11.6 Å². The van der Waals surface area contributed by atoms with E-state index in [0.717, 1.165) is 0 Å². The van der Waals surface area contributed by atoms with Crippen LogP contribution in [0.4, 0.5) is 10.2 Å². The fourth-order valence-corrected chi connectivity index (χ4v) is 1.71. The van der Waals surface area contributed by atoms with Gasteiger partial charge < -0.3 is 10.1 Å². The first kappa shape index (κ1) is 11.8. The van der Waals surface area contributed by atoms with Crippen LogP contribution in [-0.2, 0) is 0 Å². The molecule has 4 nitrogen and oxygen atoms in total. The van der Waals surface area contributed by atoms with Crippen molar-refractivity contribution >= 4 is 21.7 Å². The molecule has 2 rings (SSSR count). The van der Waals surface area contributed by atoms with Crippen molar-refractivity contribution in [1.82, 2.24) is 9.97 Å². The number of anilines is 1. The minimum atomic E-state index is -0.441.